The molecule has 0 amide bonds. The van der Waals surface area contributed by atoms with Gasteiger partial charge in [0.05, 0.1) is 24.8 Å². The predicted octanol–water partition coefficient (Wildman–Crippen LogP) is 2.04. The normalized spacial score (nSPS) is 15.1. The van der Waals surface area contributed by atoms with Crippen LogP contribution in [0.2, 0.25) is 0 Å². The summed E-state index contributed by atoms with van der Waals surface area (Å²) in [5.41, 5.74) is 0.357. The second kappa shape index (κ2) is 8.64. The molecule has 114 valence electrons. The maximum Gasteiger partial charge on any atom is 0.115 e. The fourth-order valence-electron chi connectivity index (χ4n) is 1.94. The van der Waals surface area contributed by atoms with Crippen molar-refractivity contribution in [2.75, 3.05) is 18.8 Å². The molecule has 4 nitrogen and oxygen atoms in total. The number of aliphatic hydroxyl groups is 2. The lowest BCUT2D eigenvalue weighted by atomic mass is 9.96. The minimum atomic E-state index is -0.965. The summed E-state index contributed by atoms with van der Waals surface area (Å²) in [4.78, 5) is 0. The van der Waals surface area contributed by atoms with Gasteiger partial charge in [-0.05, 0) is 25.7 Å². The standard InChI is InChI=1S/C15H24O4S/c1-15(2,14(13(17)9-16)18-11-20-3)19-10-12-7-5-4-6-8-12/h4-8,13-14,16-17H,9-11H2,1-3H3/t13-,14+/m1/s1. The van der Waals surface area contributed by atoms with Gasteiger partial charge in [0.1, 0.15) is 12.2 Å². The van der Waals surface area contributed by atoms with Gasteiger partial charge >= 0.3 is 0 Å². The Kier molecular flexibility index (Phi) is 7.55. The molecule has 1 rings (SSSR count). The van der Waals surface area contributed by atoms with Crippen LogP contribution in [0.15, 0.2) is 30.3 Å². The number of ether oxygens (including phenoxy) is 2. The Labute approximate surface area is 125 Å². The zero-order valence-electron chi connectivity index (χ0n) is 12.3. The second-order valence-electron chi connectivity index (χ2n) is 5.12. The van der Waals surface area contributed by atoms with Crippen LogP contribution < -0.4 is 0 Å². The van der Waals surface area contributed by atoms with Gasteiger partial charge in [0, 0.05) is 0 Å². The quantitative estimate of drug-likeness (QED) is 0.684. The lowest BCUT2D eigenvalue weighted by Gasteiger charge is -2.36. The summed E-state index contributed by atoms with van der Waals surface area (Å²) in [6.07, 6.45) is 0.372. The summed E-state index contributed by atoms with van der Waals surface area (Å²) < 4.78 is 11.5. The van der Waals surface area contributed by atoms with Gasteiger partial charge in [-0.25, -0.2) is 0 Å². The van der Waals surface area contributed by atoms with E-state index in [0.717, 1.165) is 5.56 Å². The van der Waals surface area contributed by atoms with E-state index in [1.165, 1.54) is 11.8 Å². The maximum atomic E-state index is 9.91. The highest BCUT2D eigenvalue weighted by Gasteiger charge is 2.36. The topological polar surface area (TPSA) is 58.9 Å². The van der Waals surface area contributed by atoms with Crippen molar-refractivity contribution < 1.29 is 19.7 Å². The van der Waals surface area contributed by atoms with E-state index in [0.29, 0.717) is 12.5 Å². The molecule has 0 aliphatic rings. The number of aliphatic hydroxyl groups excluding tert-OH is 2. The molecule has 0 aliphatic heterocycles. The molecule has 0 saturated carbocycles. The van der Waals surface area contributed by atoms with Crippen LogP contribution in [0.3, 0.4) is 0 Å². The summed E-state index contributed by atoms with van der Waals surface area (Å²) in [7, 11) is 0. The highest BCUT2D eigenvalue weighted by atomic mass is 32.2. The van der Waals surface area contributed by atoms with E-state index in [1.54, 1.807) is 0 Å². The molecule has 0 heterocycles. The summed E-state index contributed by atoms with van der Waals surface area (Å²) in [5, 5.41) is 19.1. The van der Waals surface area contributed by atoms with Crippen molar-refractivity contribution in [3.8, 4) is 0 Å². The molecule has 0 saturated heterocycles. The van der Waals surface area contributed by atoms with Crippen LogP contribution in [-0.4, -0.2) is 46.8 Å². The van der Waals surface area contributed by atoms with E-state index in [1.807, 2.05) is 50.4 Å². The first-order valence-electron chi connectivity index (χ1n) is 6.58. The molecule has 1 aromatic rings. The van der Waals surface area contributed by atoms with Crippen LogP contribution in [0.5, 0.6) is 0 Å². The van der Waals surface area contributed by atoms with Crippen molar-refractivity contribution >= 4 is 11.8 Å². The van der Waals surface area contributed by atoms with E-state index in [-0.39, 0.29) is 6.61 Å². The first kappa shape index (κ1) is 17.5. The molecule has 1 aromatic carbocycles. The SMILES string of the molecule is CSCO[C@@H]([C@H](O)CO)C(C)(C)OCc1ccccc1. The maximum absolute atomic E-state index is 9.91. The van der Waals surface area contributed by atoms with Gasteiger partial charge in [0.25, 0.3) is 0 Å². The van der Waals surface area contributed by atoms with Gasteiger partial charge in [-0.2, -0.15) is 0 Å². The Hall–Kier alpha value is -0.590. The van der Waals surface area contributed by atoms with Crippen LogP contribution in [0.1, 0.15) is 19.4 Å². The van der Waals surface area contributed by atoms with Gasteiger partial charge in [-0.1, -0.05) is 30.3 Å². The van der Waals surface area contributed by atoms with Crippen molar-refractivity contribution in [3.63, 3.8) is 0 Å². The Bertz CT molecular complexity index is 369. The average molecular weight is 300 g/mol. The van der Waals surface area contributed by atoms with Crippen LogP contribution in [0.25, 0.3) is 0 Å². The van der Waals surface area contributed by atoms with Gasteiger partial charge in [-0.15, -0.1) is 11.8 Å². The molecule has 2 atom stereocenters. The summed E-state index contributed by atoms with van der Waals surface area (Å²) in [6, 6.07) is 9.83. The zero-order chi connectivity index (χ0) is 15.0. The molecule has 0 bridgehead atoms. The molecule has 0 spiro atoms. The number of rotatable bonds is 9. The number of hydrogen-bond donors (Lipinski definition) is 2. The highest BCUT2D eigenvalue weighted by molar-refractivity contribution is 7.98. The molecule has 0 fully saturated rings. The molecule has 0 unspecified atom stereocenters. The van der Waals surface area contributed by atoms with E-state index in [2.05, 4.69) is 0 Å². The van der Waals surface area contributed by atoms with E-state index in [9.17, 15) is 5.11 Å². The van der Waals surface area contributed by atoms with E-state index < -0.39 is 17.8 Å². The average Bonchev–Trinajstić information content (AvgIpc) is 2.46. The predicted molar refractivity (Wildman–Crippen MR) is 81.7 cm³/mol. The highest BCUT2D eigenvalue weighted by Crippen LogP contribution is 2.23. The molecule has 0 radical (unpaired) electrons. The van der Waals surface area contributed by atoms with Crippen LogP contribution in [0.4, 0.5) is 0 Å². The van der Waals surface area contributed by atoms with Gasteiger partial charge < -0.3 is 19.7 Å². The number of benzene rings is 1. The molecule has 20 heavy (non-hydrogen) atoms. The lowest BCUT2D eigenvalue weighted by Crippen LogP contribution is -2.49. The molecular weight excluding hydrogens is 276 g/mol. The molecular formula is C15H24O4S. The van der Waals surface area contributed by atoms with Gasteiger partial charge in [-0.3, -0.25) is 0 Å². The smallest absolute Gasteiger partial charge is 0.115 e. The van der Waals surface area contributed by atoms with Crippen molar-refractivity contribution in [1.29, 1.82) is 0 Å². The van der Waals surface area contributed by atoms with E-state index in [4.69, 9.17) is 14.6 Å². The number of thioether (sulfide) groups is 1. The molecule has 0 aromatic heterocycles. The summed E-state index contributed by atoms with van der Waals surface area (Å²) in [6.45, 7) is 3.81. The van der Waals surface area contributed by atoms with Crippen molar-refractivity contribution in [3.05, 3.63) is 35.9 Å². The zero-order valence-corrected chi connectivity index (χ0v) is 13.1. The summed E-state index contributed by atoms with van der Waals surface area (Å²) in [5.74, 6) is 0.444. The lowest BCUT2D eigenvalue weighted by molar-refractivity contribution is -0.169. The first-order chi connectivity index (χ1) is 9.51. The Morgan fingerprint density at radius 1 is 1.25 bits per heavy atom. The fourth-order valence-corrected chi connectivity index (χ4v) is 2.22. The van der Waals surface area contributed by atoms with Crippen LogP contribution in [-0.2, 0) is 16.1 Å². The van der Waals surface area contributed by atoms with Crippen molar-refractivity contribution in [2.45, 2.75) is 38.3 Å². The first-order valence-corrected chi connectivity index (χ1v) is 7.98. The largest absolute Gasteiger partial charge is 0.394 e. The molecule has 0 aliphatic carbocycles. The van der Waals surface area contributed by atoms with Crippen molar-refractivity contribution in [2.24, 2.45) is 0 Å². The Morgan fingerprint density at radius 2 is 1.90 bits per heavy atom. The van der Waals surface area contributed by atoms with Gasteiger partial charge in [0.2, 0.25) is 0 Å². The third kappa shape index (κ3) is 5.42. The minimum Gasteiger partial charge on any atom is -0.394 e. The fraction of sp³-hybridized carbons (Fsp3) is 0.600. The third-order valence-corrected chi connectivity index (χ3v) is 3.41. The Morgan fingerprint density at radius 3 is 2.45 bits per heavy atom. The minimum absolute atomic E-state index is 0.350. The van der Waals surface area contributed by atoms with E-state index >= 15 is 0 Å². The van der Waals surface area contributed by atoms with Gasteiger partial charge in [0.15, 0.2) is 0 Å². The van der Waals surface area contributed by atoms with Crippen LogP contribution in [0, 0.1) is 0 Å². The van der Waals surface area contributed by atoms with Crippen LogP contribution >= 0.6 is 11.8 Å². The second-order valence-corrected chi connectivity index (χ2v) is 5.93. The summed E-state index contributed by atoms with van der Waals surface area (Å²) >= 11 is 1.52. The number of hydrogen-bond acceptors (Lipinski definition) is 5. The molecule has 5 heteroatoms. The third-order valence-electron chi connectivity index (χ3n) is 3.04. The Balaban J connectivity index is 2.66. The van der Waals surface area contributed by atoms with Crippen molar-refractivity contribution in [1.82, 2.24) is 0 Å². The monoisotopic (exact) mass is 300 g/mol. The molecule has 2 N–H and O–H groups in total.